The van der Waals surface area contributed by atoms with Crippen LogP contribution in [0.2, 0.25) is 0 Å². The molecule has 10 heteroatoms. The van der Waals surface area contributed by atoms with E-state index in [0.717, 1.165) is 6.07 Å². The van der Waals surface area contributed by atoms with Crippen LogP contribution in [-0.4, -0.2) is 38.5 Å². The molecule has 0 spiro atoms. The third kappa shape index (κ3) is 3.75. The molecule has 6 nitrogen and oxygen atoms in total. The Morgan fingerprint density at radius 1 is 1.17 bits per heavy atom. The monoisotopic (exact) mass is 431 g/mol. The second-order valence-electron chi connectivity index (χ2n) is 7.19. The maximum atomic E-state index is 13.4. The molecular weight excluding hydrogens is 414 g/mol. The van der Waals surface area contributed by atoms with E-state index in [4.69, 9.17) is 5.26 Å². The number of likely N-dealkylation sites (tertiary alicyclic amines) is 1. The van der Waals surface area contributed by atoms with Crippen LogP contribution in [0.5, 0.6) is 0 Å². The molecule has 1 aliphatic rings. The Kier molecular flexibility index (Phi) is 5.20. The number of nitriles is 1. The summed E-state index contributed by atoms with van der Waals surface area (Å²) in [5.74, 6) is -0.554. The number of hydrogen-bond donors (Lipinski definition) is 0. The number of carbonyl (C=O) groups is 1. The molecule has 0 bridgehead atoms. The van der Waals surface area contributed by atoms with Crippen molar-refractivity contribution in [3.63, 3.8) is 0 Å². The average Bonchev–Trinajstić information content (AvgIpc) is 3.15. The highest BCUT2D eigenvalue weighted by Crippen LogP contribution is 2.38. The van der Waals surface area contributed by atoms with Crippen molar-refractivity contribution in [2.45, 2.75) is 24.9 Å². The molecule has 154 valence electrons. The van der Waals surface area contributed by atoms with Gasteiger partial charge in [-0.3, -0.25) is 9.20 Å². The van der Waals surface area contributed by atoms with E-state index in [0.29, 0.717) is 42.4 Å². The highest BCUT2D eigenvalue weighted by molar-refractivity contribution is 7.27. The van der Waals surface area contributed by atoms with Crippen molar-refractivity contribution >= 4 is 26.1 Å². The smallest absolute Gasteiger partial charge is 0.336 e. The van der Waals surface area contributed by atoms with Gasteiger partial charge in [0.05, 0.1) is 11.1 Å². The molecule has 1 amide bonds. The maximum Gasteiger partial charge on any atom is 0.416 e. The van der Waals surface area contributed by atoms with Gasteiger partial charge in [-0.2, -0.15) is 18.4 Å². The van der Waals surface area contributed by atoms with Crippen LogP contribution in [0.4, 0.5) is 13.2 Å². The Hall–Kier alpha value is -2.98. The van der Waals surface area contributed by atoms with Crippen LogP contribution in [0.15, 0.2) is 36.5 Å². The fourth-order valence-corrected chi connectivity index (χ4v) is 4.09. The van der Waals surface area contributed by atoms with Crippen LogP contribution in [0, 0.1) is 11.3 Å². The fraction of sp³-hybridized carbons (Fsp3) is 0.300. The summed E-state index contributed by atoms with van der Waals surface area (Å²) in [6, 6.07) is 9.30. The lowest BCUT2D eigenvalue weighted by atomic mass is 9.86. The lowest BCUT2D eigenvalue weighted by molar-refractivity contribution is -0.138. The van der Waals surface area contributed by atoms with Crippen LogP contribution < -0.4 is 5.30 Å². The van der Waals surface area contributed by atoms with E-state index in [9.17, 15) is 18.0 Å². The minimum absolute atomic E-state index is 0.0866. The predicted molar refractivity (Wildman–Crippen MR) is 106 cm³/mol. The molecule has 3 aromatic rings. The first kappa shape index (κ1) is 20.3. The van der Waals surface area contributed by atoms with Gasteiger partial charge in [0.25, 0.3) is 5.91 Å². The number of piperidine rings is 1. The van der Waals surface area contributed by atoms with Gasteiger partial charge < -0.3 is 4.90 Å². The van der Waals surface area contributed by atoms with Crippen molar-refractivity contribution < 1.29 is 18.0 Å². The lowest BCUT2D eigenvalue weighted by Gasteiger charge is -2.33. The predicted octanol–water partition coefficient (Wildman–Crippen LogP) is 3.14. The van der Waals surface area contributed by atoms with Crippen LogP contribution in [0.25, 0.3) is 5.65 Å². The van der Waals surface area contributed by atoms with Crippen molar-refractivity contribution in [3.8, 4) is 6.07 Å². The number of carbonyl (C=O) groups excluding carboxylic acids is 1. The number of fused-ring (bicyclic) bond motifs is 1. The molecule has 2 aromatic heterocycles. The Morgan fingerprint density at radius 2 is 1.90 bits per heavy atom. The van der Waals surface area contributed by atoms with Gasteiger partial charge in [0.1, 0.15) is 6.07 Å². The number of nitrogens with zero attached hydrogens (tertiary/aromatic N) is 5. The molecular formula is C20H17F3N5OP. The van der Waals surface area contributed by atoms with Gasteiger partial charge in [-0.15, -0.1) is 19.4 Å². The van der Waals surface area contributed by atoms with Crippen LogP contribution in [-0.2, 0) is 6.18 Å². The van der Waals surface area contributed by atoms with E-state index in [1.165, 1.54) is 16.7 Å². The summed E-state index contributed by atoms with van der Waals surface area (Å²) in [5, 5.41) is 17.7. The minimum Gasteiger partial charge on any atom is -0.336 e. The Morgan fingerprint density at radius 3 is 2.57 bits per heavy atom. The first-order valence-electron chi connectivity index (χ1n) is 9.28. The zero-order valence-electron chi connectivity index (χ0n) is 15.7. The number of pyridine rings is 1. The van der Waals surface area contributed by atoms with Crippen molar-refractivity contribution in [3.05, 3.63) is 59.0 Å². The molecule has 30 heavy (non-hydrogen) atoms. The van der Waals surface area contributed by atoms with Crippen LogP contribution in [0.3, 0.4) is 0 Å². The molecule has 4 rings (SSSR count). The number of benzene rings is 1. The Bertz CT molecular complexity index is 1160. The topological polar surface area (TPSA) is 74.3 Å². The molecule has 0 saturated carbocycles. The number of amides is 1. The molecule has 0 aliphatic carbocycles. The average molecular weight is 431 g/mol. The summed E-state index contributed by atoms with van der Waals surface area (Å²) >= 11 is 0. The third-order valence-electron chi connectivity index (χ3n) is 5.33. The zero-order chi connectivity index (χ0) is 21.5. The van der Waals surface area contributed by atoms with Gasteiger partial charge in [0.2, 0.25) is 5.82 Å². The van der Waals surface area contributed by atoms with Crippen LogP contribution >= 0.6 is 9.24 Å². The largest absolute Gasteiger partial charge is 0.416 e. The molecule has 1 aliphatic heterocycles. The third-order valence-corrected chi connectivity index (χ3v) is 5.68. The van der Waals surface area contributed by atoms with Gasteiger partial charge >= 0.3 is 6.18 Å². The molecule has 0 radical (unpaired) electrons. The van der Waals surface area contributed by atoms with Gasteiger partial charge in [0.15, 0.2) is 5.65 Å². The fourth-order valence-electron chi connectivity index (χ4n) is 3.81. The number of halogens is 3. The number of hydrogen-bond acceptors (Lipinski definition) is 4. The molecule has 0 N–H and O–H groups in total. The number of aromatic nitrogens is 3. The SMILES string of the molecule is N#Cc1ccc2nnc(C(=O)N3CCC(c4cc(P)ccc4C(F)(F)F)CC3)n2c1. The normalized spacial score (nSPS) is 15.4. The second-order valence-corrected chi connectivity index (χ2v) is 7.86. The highest BCUT2D eigenvalue weighted by atomic mass is 31.0. The molecule has 1 atom stereocenters. The summed E-state index contributed by atoms with van der Waals surface area (Å²) in [6.07, 6.45) is -2.08. The second kappa shape index (κ2) is 7.69. The Labute approximate surface area is 172 Å². The van der Waals surface area contributed by atoms with Crippen LogP contribution in [0.1, 0.15) is 46.1 Å². The standard InChI is InChI=1S/C20H17F3N5OP/c21-20(22,23)16-3-2-14(30)9-15(16)13-5-7-27(8-6-13)19(29)18-26-25-17-4-1-12(10-24)11-28(17)18/h1-4,9,11,13H,5-8,30H2. The van der Waals surface area contributed by atoms with E-state index in [2.05, 4.69) is 19.4 Å². The van der Waals surface area contributed by atoms with E-state index in [1.807, 2.05) is 6.07 Å². The molecule has 3 heterocycles. The minimum atomic E-state index is -4.42. The number of rotatable bonds is 2. The van der Waals surface area contributed by atoms with E-state index in [1.54, 1.807) is 23.1 Å². The molecule has 1 fully saturated rings. The van der Waals surface area contributed by atoms with Crippen molar-refractivity contribution in [2.75, 3.05) is 13.1 Å². The van der Waals surface area contributed by atoms with Gasteiger partial charge in [-0.1, -0.05) is 12.1 Å². The van der Waals surface area contributed by atoms with E-state index >= 15 is 0 Å². The highest BCUT2D eigenvalue weighted by Gasteiger charge is 2.36. The van der Waals surface area contributed by atoms with Crippen molar-refractivity contribution in [1.29, 1.82) is 5.26 Å². The van der Waals surface area contributed by atoms with Gasteiger partial charge in [-0.25, -0.2) is 0 Å². The summed E-state index contributed by atoms with van der Waals surface area (Å²) in [5.41, 5.74) is 0.464. The molecule has 1 saturated heterocycles. The summed E-state index contributed by atoms with van der Waals surface area (Å²) in [7, 11) is 2.43. The summed E-state index contributed by atoms with van der Waals surface area (Å²) < 4.78 is 41.7. The first-order chi connectivity index (χ1) is 14.3. The summed E-state index contributed by atoms with van der Waals surface area (Å²) in [6.45, 7) is 0.628. The lowest BCUT2D eigenvalue weighted by Crippen LogP contribution is -2.39. The molecule has 1 aromatic carbocycles. The van der Waals surface area contributed by atoms with Crippen molar-refractivity contribution in [1.82, 2.24) is 19.5 Å². The van der Waals surface area contributed by atoms with Crippen molar-refractivity contribution in [2.24, 2.45) is 0 Å². The van der Waals surface area contributed by atoms with Gasteiger partial charge in [0, 0.05) is 19.3 Å². The summed E-state index contributed by atoms with van der Waals surface area (Å²) in [4.78, 5) is 14.5. The zero-order valence-corrected chi connectivity index (χ0v) is 16.9. The molecule has 1 unspecified atom stereocenters. The first-order valence-corrected chi connectivity index (χ1v) is 9.86. The quantitative estimate of drug-likeness (QED) is 0.585. The van der Waals surface area contributed by atoms with E-state index in [-0.39, 0.29) is 23.2 Å². The Balaban J connectivity index is 1.54. The number of alkyl halides is 3. The van der Waals surface area contributed by atoms with Gasteiger partial charge in [-0.05, 0) is 47.8 Å². The maximum absolute atomic E-state index is 13.4. The van der Waals surface area contributed by atoms with E-state index < -0.39 is 11.7 Å².